The molecule has 0 aromatic carbocycles. The van der Waals surface area contributed by atoms with Gasteiger partial charge < -0.3 is 13.9 Å². The molecule has 0 aliphatic carbocycles. The Hall–Kier alpha value is -2.39. The molecule has 0 radical (unpaired) electrons. The van der Waals surface area contributed by atoms with E-state index in [4.69, 9.17) is 4.42 Å². The molecule has 0 amide bonds. The minimum Gasteiger partial charge on any atom is -0.453 e. The lowest BCUT2D eigenvalue weighted by Crippen LogP contribution is -2.43. The van der Waals surface area contributed by atoms with Gasteiger partial charge in [0.2, 0.25) is 5.95 Å². The number of hydrogen-bond donors (Lipinski definition) is 0. The lowest BCUT2D eigenvalue weighted by molar-refractivity contribution is 0.116. The van der Waals surface area contributed by atoms with Crippen LogP contribution in [0, 0.1) is 5.92 Å². The van der Waals surface area contributed by atoms with Crippen molar-refractivity contribution in [2.75, 3.05) is 24.5 Å². The highest BCUT2D eigenvalue weighted by atomic mass is 32.2. The topological polar surface area (TPSA) is 76.1 Å². The predicted octanol–water partition coefficient (Wildman–Crippen LogP) is 2.45. The fourth-order valence-corrected chi connectivity index (χ4v) is 4.89. The molecule has 2 atom stereocenters. The minimum absolute atomic E-state index is 0.502. The van der Waals surface area contributed by atoms with E-state index in [1.54, 1.807) is 6.33 Å². The number of rotatable bonds is 5. The van der Waals surface area contributed by atoms with Crippen LogP contribution in [0.25, 0.3) is 0 Å². The van der Waals surface area contributed by atoms with Crippen LogP contribution in [0.3, 0.4) is 0 Å². The minimum atomic E-state index is 0.502. The molecule has 0 saturated carbocycles. The molecule has 3 aromatic heterocycles. The van der Waals surface area contributed by atoms with Gasteiger partial charge in [0.05, 0.1) is 6.54 Å². The highest BCUT2D eigenvalue weighted by Crippen LogP contribution is 2.32. The van der Waals surface area contributed by atoms with Gasteiger partial charge in [-0.3, -0.25) is 4.90 Å². The van der Waals surface area contributed by atoms with Gasteiger partial charge in [-0.05, 0) is 48.7 Å². The van der Waals surface area contributed by atoms with Gasteiger partial charge in [-0.15, -0.1) is 10.2 Å². The molecular weight excluding hydrogens is 374 g/mol. The van der Waals surface area contributed by atoms with Crippen LogP contribution >= 0.6 is 11.8 Å². The van der Waals surface area contributed by atoms with E-state index in [0.29, 0.717) is 12.0 Å². The number of piperidine rings is 1. The molecule has 3 fully saturated rings. The maximum Gasteiger partial charge on any atom is 0.225 e. The summed E-state index contributed by atoms with van der Waals surface area (Å²) in [6, 6.07) is 6.47. The molecule has 3 aromatic rings. The van der Waals surface area contributed by atoms with Gasteiger partial charge in [0, 0.05) is 45.1 Å². The zero-order chi connectivity index (χ0) is 18.9. The van der Waals surface area contributed by atoms with E-state index in [1.807, 2.05) is 36.1 Å². The second-order valence-electron chi connectivity index (χ2n) is 7.53. The van der Waals surface area contributed by atoms with E-state index in [-0.39, 0.29) is 0 Å². The first-order chi connectivity index (χ1) is 13.7. The van der Waals surface area contributed by atoms with Crippen molar-refractivity contribution in [2.45, 2.75) is 35.7 Å². The number of aromatic nitrogens is 5. The van der Waals surface area contributed by atoms with Gasteiger partial charge in [-0.25, -0.2) is 9.97 Å². The average Bonchev–Trinajstić information content (AvgIpc) is 3.21. The number of nitrogens with zero attached hydrogens (tertiary/aromatic N) is 7. The summed E-state index contributed by atoms with van der Waals surface area (Å²) in [5.41, 5.74) is 0. The fourth-order valence-electron chi connectivity index (χ4n) is 4.14. The van der Waals surface area contributed by atoms with Gasteiger partial charge in [0.1, 0.15) is 12.1 Å². The molecule has 146 valence electrons. The van der Waals surface area contributed by atoms with E-state index >= 15 is 0 Å². The van der Waals surface area contributed by atoms with E-state index in [1.165, 1.54) is 24.6 Å². The third kappa shape index (κ3) is 3.64. The summed E-state index contributed by atoms with van der Waals surface area (Å²) in [5, 5.41) is 9.70. The van der Waals surface area contributed by atoms with Crippen molar-refractivity contribution in [1.82, 2.24) is 29.6 Å². The maximum atomic E-state index is 6.08. The van der Waals surface area contributed by atoms with Gasteiger partial charge in [0.15, 0.2) is 10.2 Å². The molecular formula is C19H23N7OS. The Morgan fingerprint density at radius 1 is 1.14 bits per heavy atom. The average molecular weight is 398 g/mol. The van der Waals surface area contributed by atoms with Crippen LogP contribution in [0.15, 0.2) is 51.6 Å². The van der Waals surface area contributed by atoms with Gasteiger partial charge in [0.25, 0.3) is 0 Å². The first-order valence-electron chi connectivity index (χ1n) is 9.61. The Morgan fingerprint density at radius 3 is 2.86 bits per heavy atom. The van der Waals surface area contributed by atoms with E-state index in [2.05, 4.69) is 36.0 Å². The molecule has 9 heteroatoms. The summed E-state index contributed by atoms with van der Waals surface area (Å²) in [5.74, 6) is 2.49. The Labute approximate surface area is 168 Å². The van der Waals surface area contributed by atoms with Crippen molar-refractivity contribution >= 4 is 17.7 Å². The summed E-state index contributed by atoms with van der Waals surface area (Å²) in [7, 11) is 1.93. The first kappa shape index (κ1) is 17.7. The monoisotopic (exact) mass is 397 g/mol. The smallest absolute Gasteiger partial charge is 0.225 e. The number of aryl methyl sites for hydroxylation is 1. The van der Waals surface area contributed by atoms with Gasteiger partial charge in [-0.2, -0.15) is 0 Å². The van der Waals surface area contributed by atoms with Crippen LogP contribution in [0.2, 0.25) is 0 Å². The molecule has 6 rings (SSSR count). The molecule has 3 saturated heterocycles. The molecule has 8 nitrogen and oxygen atoms in total. The van der Waals surface area contributed by atoms with Crippen molar-refractivity contribution in [3.63, 3.8) is 0 Å². The largest absolute Gasteiger partial charge is 0.453 e. The SMILES string of the molecule is Cn1cnnc1Sc1ccc(CN2C[C@H]3CC[C@@H]2CN(c2ncccn2)C3)o1. The van der Waals surface area contributed by atoms with Crippen LogP contribution in [-0.4, -0.2) is 55.3 Å². The van der Waals surface area contributed by atoms with Gasteiger partial charge >= 0.3 is 0 Å². The third-order valence-corrected chi connectivity index (χ3v) is 6.49. The van der Waals surface area contributed by atoms with Crippen molar-refractivity contribution in [3.8, 4) is 0 Å². The van der Waals surface area contributed by atoms with Crippen molar-refractivity contribution in [2.24, 2.45) is 13.0 Å². The zero-order valence-electron chi connectivity index (χ0n) is 15.8. The molecule has 0 spiro atoms. The number of anilines is 1. The molecule has 0 unspecified atom stereocenters. The lowest BCUT2D eigenvalue weighted by atomic mass is 9.95. The molecule has 0 N–H and O–H groups in total. The lowest BCUT2D eigenvalue weighted by Gasteiger charge is -2.35. The summed E-state index contributed by atoms with van der Waals surface area (Å²) in [6.45, 7) is 3.94. The van der Waals surface area contributed by atoms with Crippen LogP contribution in [0.1, 0.15) is 18.6 Å². The van der Waals surface area contributed by atoms with E-state index < -0.39 is 0 Å². The molecule has 3 aliphatic rings. The Kier molecular flexibility index (Phi) is 4.77. The number of hydrogen-bond acceptors (Lipinski definition) is 8. The molecule has 6 heterocycles. The zero-order valence-corrected chi connectivity index (χ0v) is 16.6. The predicted molar refractivity (Wildman–Crippen MR) is 105 cm³/mol. The second kappa shape index (κ2) is 7.56. The Balaban J connectivity index is 1.27. The normalized spacial score (nSPS) is 22.5. The summed E-state index contributed by atoms with van der Waals surface area (Å²) in [4.78, 5) is 13.8. The standard InChI is InChI=1S/C19H23N7OS/c1-24-13-22-23-19(24)28-17-6-5-16(27-17)12-25-9-14-3-4-15(25)11-26(10-14)18-20-7-2-8-21-18/h2,5-8,13-15H,3-4,9-12H2,1H3/t14-,15-/m1/s1. The van der Waals surface area contributed by atoms with Crippen molar-refractivity contribution in [1.29, 1.82) is 0 Å². The van der Waals surface area contributed by atoms with Crippen molar-refractivity contribution in [3.05, 3.63) is 42.7 Å². The summed E-state index contributed by atoms with van der Waals surface area (Å²) >= 11 is 1.50. The Morgan fingerprint density at radius 2 is 2.04 bits per heavy atom. The maximum absolute atomic E-state index is 6.08. The quantitative estimate of drug-likeness (QED) is 0.650. The Bertz CT molecular complexity index is 927. The summed E-state index contributed by atoms with van der Waals surface area (Å²) in [6.07, 6.45) is 7.84. The summed E-state index contributed by atoms with van der Waals surface area (Å²) < 4.78 is 7.97. The fraction of sp³-hybridized carbons (Fsp3) is 0.474. The van der Waals surface area contributed by atoms with Crippen LogP contribution in [0.4, 0.5) is 5.95 Å². The highest BCUT2D eigenvalue weighted by molar-refractivity contribution is 7.99. The molecule has 2 bridgehead atoms. The second-order valence-corrected chi connectivity index (χ2v) is 8.50. The molecule has 3 aliphatic heterocycles. The first-order valence-corrected chi connectivity index (χ1v) is 10.4. The van der Waals surface area contributed by atoms with Crippen LogP contribution in [-0.2, 0) is 13.6 Å². The van der Waals surface area contributed by atoms with Gasteiger partial charge in [-0.1, -0.05) is 0 Å². The van der Waals surface area contributed by atoms with Crippen molar-refractivity contribution < 1.29 is 4.42 Å². The van der Waals surface area contributed by atoms with E-state index in [9.17, 15) is 0 Å². The third-order valence-electron chi connectivity index (χ3n) is 5.52. The number of fused-ring (bicyclic) bond motifs is 4. The number of furan rings is 1. The van der Waals surface area contributed by atoms with E-state index in [0.717, 1.165) is 48.1 Å². The van der Waals surface area contributed by atoms with Crippen LogP contribution < -0.4 is 4.90 Å². The molecule has 28 heavy (non-hydrogen) atoms. The highest BCUT2D eigenvalue weighted by Gasteiger charge is 2.35. The van der Waals surface area contributed by atoms with Crippen LogP contribution in [0.5, 0.6) is 0 Å².